The number of allylic oxidation sites excluding steroid dienone is 6. The van der Waals surface area contributed by atoms with Crippen molar-refractivity contribution in [1.82, 2.24) is 0 Å². The molecule has 0 spiro atoms. The van der Waals surface area contributed by atoms with Crippen LogP contribution in [0.4, 0.5) is 13.2 Å². The van der Waals surface area contributed by atoms with E-state index in [9.17, 15) is 13.2 Å². The van der Waals surface area contributed by atoms with Crippen LogP contribution in [0.5, 0.6) is 0 Å². The third kappa shape index (κ3) is 2.02. The van der Waals surface area contributed by atoms with Crippen LogP contribution in [0.3, 0.4) is 0 Å². The lowest BCUT2D eigenvalue weighted by molar-refractivity contribution is -0.183. The smallest absolute Gasteiger partial charge is 0.170 e. The Balaban J connectivity index is 3.11. The Bertz CT molecular complexity index is 281. The number of halogens is 3. The molecule has 1 atom stereocenters. The fourth-order valence-corrected chi connectivity index (χ4v) is 1.21. The minimum Gasteiger partial charge on any atom is -0.170 e. The summed E-state index contributed by atoms with van der Waals surface area (Å²) in [4.78, 5) is 0. The van der Waals surface area contributed by atoms with Gasteiger partial charge in [0, 0.05) is 0 Å². The first-order chi connectivity index (χ1) is 5.85. The van der Waals surface area contributed by atoms with Gasteiger partial charge in [0.25, 0.3) is 0 Å². The highest BCUT2D eigenvalue weighted by Gasteiger charge is 2.47. The zero-order valence-corrected chi connectivity index (χ0v) is 7.52. The predicted molar refractivity (Wildman–Crippen MR) is 46.2 cm³/mol. The first-order valence-corrected chi connectivity index (χ1v) is 3.97. The first-order valence-electron chi connectivity index (χ1n) is 3.97. The summed E-state index contributed by atoms with van der Waals surface area (Å²) >= 11 is 0. The molecule has 1 aliphatic rings. The summed E-state index contributed by atoms with van der Waals surface area (Å²) in [6.45, 7) is 2.83. The van der Waals surface area contributed by atoms with Gasteiger partial charge in [0.2, 0.25) is 0 Å². The minimum absolute atomic E-state index is 0.629. The fraction of sp³-hybridized carbons (Fsp3) is 0.400. The van der Waals surface area contributed by atoms with Crippen LogP contribution in [0.25, 0.3) is 0 Å². The molecule has 0 heterocycles. The maximum Gasteiger partial charge on any atom is 0.400 e. The highest BCUT2D eigenvalue weighted by molar-refractivity contribution is 5.31. The summed E-state index contributed by atoms with van der Waals surface area (Å²) in [5, 5.41) is 0. The van der Waals surface area contributed by atoms with E-state index >= 15 is 0 Å². The van der Waals surface area contributed by atoms with Crippen molar-refractivity contribution in [3.63, 3.8) is 0 Å². The van der Waals surface area contributed by atoms with Gasteiger partial charge < -0.3 is 0 Å². The predicted octanol–water partition coefficient (Wildman–Crippen LogP) is 3.63. The van der Waals surface area contributed by atoms with Crippen molar-refractivity contribution < 1.29 is 13.2 Å². The summed E-state index contributed by atoms with van der Waals surface area (Å²) in [7, 11) is 0. The van der Waals surface area contributed by atoms with Crippen molar-refractivity contribution in [2.75, 3.05) is 0 Å². The topological polar surface area (TPSA) is 0 Å². The number of hydrogen-bond acceptors (Lipinski definition) is 0. The highest BCUT2D eigenvalue weighted by atomic mass is 19.4. The van der Waals surface area contributed by atoms with Crippen LogP contribution in [-0.4, -0.2) is 6.18 Å². The molecule has 0 aromatic carbocycles. The van der Waals surface area contributed by atoms with Crippen molar-refractivity contribution in [2.45, 2.75) is 20.0 Å². The largest absolute Gasteiger partial charge is 0.400 e. The molecule has 0 bridgehead atoms. The fourth-order valence-electron chi connectivity index (χ4n) is 1.21. The number of hydrogen-bond donors (Lipinski definition) is 0. The monoisotopic (exact) mass is 188 g/mol. The highest BCUT2D eigenvalue weighted by Crippen LogP contribution is 2.42. The average molecular weight is 188 g/mol. The van der Waals surface area contributed by atoms with Crippen molar-refractivity contribution in [1.29, 1.82) is 0 Å². The summed E-state index contributed by atoms with van der Waals surface area (Å²) in [6.07, 6.45) is 2.88. The van der Waals surface area contributed by atoms with Gasteiger partial charge in [0.05, 0.1) is 0 Å². The summed E-state index contributed by atoms with van der Waals surface area (Å²) in [6, 6.07) is 0. The third-order valence-electron chi connectivity index (χ3n) is 2.05. The Morgan fingerprint density at radius 1 is 1.23 bits per heavy atom. The molecule has 72 valence electrons. The Morgan fingerprint density at radius 2 is 1.85 bits per heavy atom. The lowest BCUT2D eigenvalue weighted by Crippen LogP contribution is -2.31. The van der Waals surface area contributed by atoms with E-state index in [1.807, 2.05) is 0 Å². The molecule has 0 fully saturated rings. The molecular formula is C10H11F3. The molecule has 3 heteroatoms. The molecule has 0 aromatic rings. The number of rotatable bonds is 0. The van der Waals surface area contributed by atoms with Gasteiger partial charge in [-0.1, -0.05) is 36.0 Å². The normalized spacial score (nSPS) is 28.5. The Morgan fingerprint density at radius 3 is 2.38 bits per heavy atom. The second-order valence-corrected chi connectivity index (χ2v) is 3.39. The zero-order valence-electron chi connectivity index (χ0n) is 7.52. The standard InChI is InChI=1S/C10H11F3/c1-8-5-3-4-6-9(2,7-8)10(11,12)13/h3-7H,1-2H3. The van der Waals surface area contributed by atoms with E-state index in [2.05, 4.69) is 0 Å². The van der Waals surface area contributed by atoms with Gasteiger partial charge >= 0.3 is 6.18 Å². The number of alkyl halides is 3. The van der Waals surface area contributed by atoms with Crippen molar-refractivity contribution in [3.8, 4) is 0 Å². The van der Waals surface area contributed by atoms with Crippen molar-refractivity contribution in [3.05, 3.63) is 36.0 Å². The van der Waals surface area contributed by atoms with Gasteiger partial charge in [-0.15, -0.1) is 0 Å². The van der Waals surface area contributed by atoms with E-state index in [0.717, 1.165) is 0 Å². The van der Waals surface area contributed by atoms with Crippen LogP contribution >= 0.6 is 0 Å². The summed E-state index contributed by atoms with van der Waals surface area (Å²) < 4.78 is 37.7. The second kappa shape index (κ2) is 3.05. The molecule has 0 saturated carbocycles. The van der Waals surface area contributed by atoms with Crippen LogP contribution in [0.15, 0.2) is 36.0 Å². The van der Waals surface area contributed by atoms with E-state index in [1.54, 1.807) is 19.1 Å². The second-order valence-electron chi connectivity index (χ2n) is 3.39. The van der Waals surface area contributed by atoms with E-state index in [1.165, 1.54) is 25.2 Å². The molecule has 0 amide bonds. The van der Waals surface area contributed by atoms with Crippen LogP contribution < -0.4 is 0 Å². The lowest BCUT2D eigenvalue weighted by Gasteiger charge is -2.25. The van der Waals surface area contributed by atoms with E-state index in [0.29, 0.717) is 5.57 Å². The molecule has 1 unspecified atom stereocenters. The van der Waals surface area contributed by atoms with Gasteiger partial charge in [0.15, 0.2) is 0 Å². The summed E-state index contributed by atoms with van der Waals surface area (Å²) in [5.41, 5.74) is -1.20. The maximum absolute atomic E-state index is 12.6. The van der Waals surface area contributed by atoms with Crippen molar-refractivity contribution >= 4 is 0 Å². The minimum atomic E-state index is -4.23. The molecule has 1 rings (SSSR count). The summed E-state index contributed by atoms with van der Waals surface area (Å²) in [5.74, 6) is 0. The van der Waals surface area contributed by atoms with E-state index in [-0.39, 0.29) is 0 Å². The molecule has 13 heavy (non-hydrogen) atoms. The molecule has 0 nitrogen and oxygen atoms in total. The van der Waals surface area contributed by atoms with Gasteiger partial charge in [-0.2, -0.15) is 13.2 Å². The van der Waals surface area contributed by atoms with Crippen molar-refractivity contribution in [2.24, 2.45) is 5.41 Å². The third-order valence-corrected chi connectivity index (χ3v) is 2.05. The van der Waals surface area contributed by atoms with Crippen LogP contribution in [-0.2, 0) is 0 Å². The van der Waals surface area contributed by atoms with Gasteiger partial charge in [-0.3, -0.25) is 0 Å². The Labute approximate surface area is 75.4 Å². The first kappa shape index (κ1) is 10.1. The maximum atomic E-state index is 12.6. The van der Waals surface area contributed by atoms with E-state index in [4.69, 9.17) is 0 Å². The van der Waals surface area contributed by atoms with Gasteiger partial charge in [0.1, 0.15) is 5.41 Å². The molecule has 1 aliphatic carbocycles. The van der Waals surface area contributed by atoms with Gasteiger partial charge in [-0.05, 0) is 13.8 Å². The zero-order chi connectivity index (χ0) is 10.1. The van der Waals surface area contributed by atoms with Gasteiger partial charge in [-0.25, -0.2) is 0 Å². The lowest BCUT2D eigenvalue weighted by atomic mass is 9.88. The molecule has 0 aromatic heterocycles. The van der Waals surface area contributed by atoms with Crippen LogP contribution in [0.1, 0.15) is 13.8 Å². The Kier molecular flexibility index (Phi) is 2.37. The van der Waals surface area contributed by atoms with Crippen LogP contribution in [0, 0.1) is 5.41 Å². The molecular weight excluding hydrogens is 177 g/mol. The molecule has 0 radical (unpaired) electrons. The molecule has 0 N–H and O–H groups in total. The van der Waals surface area contributed by atoms with E-state index < -0.39 is 11.6 Å². The quantitative estimate of drug-likeness (QED) is 0.544. The Hall–Kier alpha value is -0.990. The molecule has 0 aliphatic heterocycles. The average Bonchev–Trinajstić information content (AvgIpc) is 2.10. The van der Waals surface area contributed by atoms with Crippen LogP contribution in [0.2, 0.25) is 0 Å². The SMILES string of the molecule is CC1=CC(C)(C(F)(F)F)C=CC=C1. The molecule has 0 saturated heterocycles.